The molecule has 0 unspecified atom stereocenters. The molecule has 7 heteroatoms. The number of aliphatic hydroxyl groups is 1. The molecule has 1 heterocycles. The van der Waals surface area contributed by atoms with Gasteiger partial charge in [-0.1, -0.05) is 24.4 Å². The number of nitrogens with zero attached hydrogens (tertiary/aromatic N) is 3. The topological polar surface area (TPSA) is 90.9 Å². The number of rotatable bonds is 7. The maximum absolute atomic E-state index is 12.9. The van der Waals surface area contributed by atoms with Gasteiger partial charge in [-0.15, -0.1) is 0 Å². The van der Waals surface area contributed by atoms with Crippen molar-refractivity contribution in [3.8, 4) is 6.07 Å². The number of amides is 1. The van der Waals surface area contributed by atoms with Crippen LogP contribution in [-0.2, 0) is 6.54 Å². The summed E-state index contributed by atoms with van der Waals surface area (Å²) in [6.45, 7) is 0.737. The molecule has 0 aliphatic heterocycles. The number of aliphatic hydroxyl groups excluding tert-OH is 1. The van der Waals surface area contributed by atoms with Crippen LogP contribution in [0.2, 0.25) is 5.02 Å². The first-order valence-electron chi connectivity index (χ1n) is 9.58. The van der Waals surface area contributed by atoms with E-state index in [9.17, 15) is 9.90 Å². The minimum Gasteiger partial charge on any atom is -0.396 e. The van der Waals surface area contributed by atoms with Gasteiger partial charge in [0.05, 0.1) is 11.6 Å². The van der Waals surface area contributed by atoms with E-state index in [1.807, 2.05) is 10.7 Å². The number of fused-ring (bicyclic) bond motifs is 1. The lowest BCUT2D eigenvalue weighted by Crippen LogP contribution is -2.43. The SMILES string of the molecule is N#CCCCCn1nc(C(=O)N[C@@H]2CCCC[C@@H]2CO)c2cc(Cl)ccc21. The Balaban J connectivity index is 1.83. The van der Waals surface area contributed by atoms with E-state index in [1.165, 1.54) is 0 Å². The summed E-state index contributed by atoms with van der Waals surface area (Å²) in [6, 6.07) is 7.57. The van der Waals surface area contributed by atoms with Crippen LogP contribution in [0.15, 0.2) is 18.2 Å². The number of carbonyl (C=O) groups excluding carboxylic acids is 1. The highest BCUT2D eigenvalue weighted by molar-refractivity contribution is 6.31. The Morgan fingerprint density at radius 3 is 2.96 bits per heavy atom. The molecule has 0 spiro atoms. The Morgan fingerprint density at radius 1 is 1.37 bits per heavy atom. The molecule has 0 bridgehead atoms. The number of carbonyl (C=O) groups is 1. The van der Waals surface area contributed by atoms with Crippen LogP contribution in [-0.4, -0.2) is 33.4 Å². The highest BCUT2D eigenvalue weighted by Crippen LogP contribution is 2.26. The number of nitriles is 1. The van der Waals surface area contributed by atoms with Crippen molar-refractivity contribution < 1.29 is 9.90 Å². The van der Waals surface area contributed by atoms with Crippen molar-refractivity contribution in [2.24, 2.45) is 5.92 Å². The van der Waals surface area contributed by atoms with Crippen LogP contribution in [0.5, 0.6) is 0 Å². The molecule has 2 N–H and O–H groups in total. The zero-order chi connectivity index (χ0) is 19.2. The standard InChI is InChI=1S/C20H25ClN4O2/c21-15-8-9-18-16(12-15)19(24-25(18)11-5-1-4-10-22)20(27)23-17-7-3-2-6-14(17)13-26/h8-9,12,14,17,26H,1-7,11,13H2,(H,23,27)/t14-,17-/m1/s1. The Bertz CT molecular complexity index is 842. The largest absolute Gasteiger partial charge is 0.396 e. The van der Waals surface area contributed by atoms with Crippen molar-refractivity contribution in [1.29, 1.82) is 5.26 Å². The number of benzene rings is 1. The molecule has 1 fully saturated rings. The van der Waals surface area contributed by atoms with E-state index in [4.69, 9.17) is 16.9 Å². The van der Waals surface area contributed by atoms with Crippen LogP contribution in [0, 0.1) is 17.2 Å². The zero-order valence-corrected chi connectivity index (χ0v) is 16.1. The van der Waals surface area contributed by atoms with Gasteiger partial charge in [0.25, 0.3) is 5.91 Å². The van der Waals surface area contributed by atoms with Crippen molar-refractivity contribution in [1.82, 2.24) is 15.1 Å². The van der Waals surface area contributed by atoms with E-state index in [2.05, 4.69) is 16.5 Å². The second-order valence-corrected chi connectivity index (χ2v) is 7.59. The second kappa shape index (κ2) is 9.20. The molecule has 2 atom stereocenters. The Hall–Kier alpha value is -2.10. The van der Waals surface area contributed by atoms with Gasteiger partial charge in [0.1, 0.15) is 0 Å². The summed E-state index contributed by atoms with van der Waals surface area (Å²) >= 11 is 6.15. The van der Waals surface area contributed by atoms with E-state index in [1.54, 1.807) is 12.1 Å². The highest BCUT2D eigenvalue weighted by atomic mass is 35.5. The molecule has 2 aromatic rings. The molecule has 1 saturated carbocycles. The second-order valence-electron chi connectivity index (χ2n) is 7.16. The lowest BCUT2D eigenvalue weighted by Gasteiger charge is -2.30. The number of nitrogens with one attached hydrogen (secondary N) is 1. The number of unbranched alkanes of at least 4 members (excludes halogenated alkanes) is 2. The van der Waals surface area contributed by atoms with E-state index in [0.717, 1.165) is 49.4 Å². The average Bonchev–Trinajstić information content (AvgIpc) is 3.03. The summed E-state index contributed by atoms with van der Waals surface area (Å²) in [7, 11) is 0. The monoisotopic (exact) mass is 388 g/mol. The summed E-state index contributed by atoms with van der Waals surface area (Å²) in [4.78, 5) is 12.9. The van der Waals surface area contributed by atoms with Crippen molar-refractivity contribution >= 4 is 28.4 Å². The van der Waals surface area contributed by atoms with Crippen LogP contribution in [0.3, 0.4) is 0 Å². The first-order valence-corrected chi connectivity index (χ1v) is 9.96. The smallest absolute Gasteiger partial charge is 0.272 e. The van der Waals surface area contributed by atoms with Crippen LogP contribution in [0.1, 0.15) is 55.4 Å². The number of aromatic nitrogens is 2. The van der Waals surface area contributed by atoms with Crippen molar-refractivity contribution in [2.45, 2.75) is 57.5 Å². The molecule has 1 amide bonds. The number of hydrogen-bond donors (Lipinski definition) is 2. The van der Waals surface area contributed by atoms with Gasteiger partial charge in [-0.05, 0) is 43.9 Å². The van der Waals surface area contributed by atoms with E-state index in [0.29, 0.717) is 23.7 Å². The van der Waals surface area contributed by atoms with Gasteiger partial charge in [0, 0.05) is 41.9 Å². The maximum Gasteiger partial charge on any atom is 0.272 e. The average molecular weight is 389 g/mol. The van der Waals surface area contributed by atoms with Gasteiger partial charge in [0.2, 0.25) is 0 Å². The third kappa shape index (κ3) is 4.60. The van der Waals surface area contributed by atoms with Gasteiger partial charge >= 0.3 is 0 Å². The molecule has 144 valence electrons. The van der Waals surface area contributed by atoms with Crippen LogP contribution in [0.4, 0.5) is 0 Å². The van der Waals surface area contributed by atoms with E-state index in [-0.39, 0.29) is 24.5 Å². The molecule has 1 aromatic heterocycles. The predicted molar refractivity (Wildman–Crippen MR) is 105 cm³/mol. The van der Waals surface area contributed by atoms with Crippen molar-refractivity contribution in [2.75, 3.05) is 6.61 Å². The first kappa shape index (κ1) is 19.7. The molecule has 0 radical (unpaired) electrons. The van der Waals surface area contributed by atoms with Gasteiger partial charge < -0.3 is 10.4 Å². The third-order valence-corrected chi connectivity index (χ3v) is 5.53. The van der Waals surface area contributed by atoms with Crippen molar-refractivity contribution in [3.63, 3.8) is 0 Å². The summed E-state index contributed by atoms with van der Waals surface area (Å²) in [6.07, 6.45) is 6.10. The molecule has 6 nitrogen and oxygen atoms in total. The van der Waals surface area contributed by atoms with E-state index < -0.39 is 0 Å². The summed E-state index contributed by atoms with van der Waals surface area (Å²) in [5.41, 5.74) is 1.24. The molecule has 1 aromatic carbocycles. The van der Waals surface area contributed by atoms with Gasteiger partial charge in [-0.25, -0.2) is 0 Å². The van der Waals surface area contributed by atoms with Gasteiger partial charge in [0.15, 0.2) is 5.69 Å². The zero-order valence-electron chi connectivity index (χ0n) is 15.3. The van der Waals surface area contributed by atoms with Crippen LogP contribution < -0.4 is 5.32 Å². The molecule has 0 saturated heterocycles. The van der Waals surface area contributed by atoms with E-state index >= 15 is 0 Å². The molecular weight excluding hydrogens is 364 g/mol. The Morgan fingerprint density at radius 2 is 2.19 bits per heavy atom. The normalized spacial score (nSPS) is 19.7. The predicted octanol–water partition coefficient (Wildman–Crippen LogP) is 3.66. The quantitative estimate of drug-likeness (QED) is 0.708. The van der Waals surface area contributed by atoms with Gasteiger partial charge in [-0.2, -0.15) is 10.4 Å². The lowest BCUT2D eigenvalue weighted by atomic mass is 9.85. The fraction of sp³-hybridized carbons (Fsp3) is 0.550. The third-order valence-electron chi connectivity index (χ3n) is 5.30. The van der Waals surface area contributed by atoms with Gasteiger partial charge in [-0.3, -0.25) is 9.48 Å². The molecule has 1 aliphatic rings. The number of halogens is 1. The lowest BCUT2D eigenvalue weighted by molar-refractivity contribution is 0.0868. The molecule has 3 rings (SSSR count). The summed E-state index contributed by atoms with van der Waals surface area (Å²) < 4.78 is 1.82. The van der Waals surface area contributed by atoms with Crippen molar-refractivity contribution in [3.05, 3.63) is 28.9 Å². The fourth-order valence-electron chi connectivity index (χ4n) is 3.81. The molecule has 27 heavy (non-hydrogen) atoms. The highest BCUT2D eigenvalue weighted by Gasteiger charge is 2.28. The minimum absolute atomic E-state index is 0.0220. The number of aryl methyl sites for hydroxylation is 1. The summed E-state index contributed by atoms with van der Waals surface area (Å²) in [5.74, 6) is -0.117. The fourth-order valence-corrected chi connectivity index (χ4v) is 3.98. The minimum atomic E-state index is -0.219. The first-order chi connectivity index (χ1) is 13.1. The maximum atomic E-state index is 12.9. The van der Waals surface area contributed by atoms with Crippen LogP contribution >= 0.6 is 11.6 Å². The van der Waals surface area contributed by atoms with Crippen LogP contribution in [0.25, 0.3) is 10.9 Å². The molecular formula is C20H25ClN4O2. The number of hydrogen-bond acceptors (Lipinski definition) is 4. The molecule has 1 aliphatic carbocycles. The Kier molecular flexibility index (Phi) is 6.70. The Labute approximate surface area is 164 Å². The summed E-state index contributed by atoms with van der Waals surface area (Å²) in [5, 5.41) is 27.2.